The highest BCUT2D eigenvalue weighted by molar-refractivity contribution is 5.52. The molecular formula is C27H27N. The van der Waals surface area contributed by atoms with Crippen molar-refractivity contribution < 1.29 is 0 Å². The Morgan fingerprint density at radius 2 is 1.43 bits per heavy atom. The van der Waals surface area contributed by atoms with Crippen LogP contribution in [-0.4, -0.2) is 6.54 Å². The monoisotopic (exact) mass is 365 g/mol. The van der Waals surface area contributed by atoms with Gasteiger partial charge in [0.1, 0.15) is 0 Å². The number of rotatable bonds is 1. The van der Waals surface area contributed by atoms with E-state index in [9.17, 15) is 0 Å². The topological polar surface area (TPSA) is 3.24 Å². The van der Waals surface area contributed by atoms with Gasteiger partial charge < -0.3 is 4.90 Å². The zero-order valence-electron chi connectivity index (χ0n) is 17.0. The van der Waals surface area contributed by atoms with Crippen LogP contribution in [0.25, 0.3) is 0 Å². The van der Waals surface area contributed by atoms with Gasteiger partial charge in [-0.05, 0) is 64.9 Å². The third-order valence-corrected chi connectivity index (χ3v) is 5.44. The van der Waals surface area contributed by atoms with E-state index in [1.807, 2.05) is 0 Å². The minimum absolute atomic E-state index is 0.179. The molecule has 140 valence electrons. The SMILES string of the molecule is CC(C)(C)c1ccc(C#Cc2ccc3c(c2)CCN(c2ccccc2)C3)cc1. The molecule has 0 N–H and O–H groups in total. The summed E-state index contributed by atoms with van der Waals surface area (Å²) in [5.41, 5.74) is 7.84. The lowest BCUT2D eigenvalue weighted by molar-refractivity contribution is 0.590. The number of para-hydroxylation sites is 1. The fourth-order valence-electron chi connectivity index (χ4n) is 3.69. The van der Waals surface area contributed by atoms with E-state index in [0.29, 0.717) is 0 Å². The molecule has 1 heteroatoms. The largest absolute Gasteiger partial charge is 0.367 e. The average Bonchev–Trinajstić information content (AvgIpc) is 2.72. The first-order chi connectivity index (χ1) is 13.5. The number of fused-ring (bicyclic) bond motifs is 1. The van der Waals surface area contributed by atoms with Gasteiger partial charge >= 0.3 is 0 Å². The summed E-state index contributed by atoms with van der Waals surface area (Å²) in [4.78, 5) is 2.45. The second kappa shape index (κ2) is 7.56. The minimum atomic E-state index is 0.179. The molecule has 0 saturated carbocycles. The van der Waals surface area contributed by atoms with Crippen LogP contribution in [0.4, 0.5) is 5.69 Å². The summed E-state index contributed by atoms with van der Waals surface area (Å²) in [6, 6.07) is 26.0. The molecule has 1 aliphatic rings. The standard InChI is InChI=1S/C27H27N/c1-27(2,3)25-15-12-21(13-16-25)9-10-22-11-14-24-20-28(18-17-23(24)19-22)26-7-5-4-6-8-26/h4-8,11-16,19H,17-18,20H2,1-3H3. The molecule has 1 heterocycles. The third kappa shape index (κ3) is 4.12. The summed E-state index contributed by atoms with van der Waals surface area (Å²) in [6.07, 6.45) is 1.07. The van der Waals surface area contributed by atoms with E-state index in [1.165, 1.54) is 22.4 Å². The summed E-state index contributed by atoms with van der Waals surface area (Å²) < 4.78 is 0. The lowest BCUT2D eigenvalue weighted by atomic mass is 9.87. The van der Waals surface area contributed by atoms with Crippen LogP contribution in [0.15, 0.2) is 72.8 Å². The van der Waals surface area contributed by atoms with Gasteiger partial charge in [0.15, 0.2) is 0 Å². The van der Waals surface area contributed by atoms with Crippen molar-refractivity contribution in [2.45, 2.75) is 39.2 Å². The molecule has 1 aliphatic heterocycles. The second-order valence-corrected chi connectivity index (χ2v) is 8.57. The van der Waals surface area contributed by atoms with Gasteiger partial charge in [0.2, 0.25) is 0 Å². The first-order valence-electron chi connectivity index (χ1n) is 10.0. The Balaban J connectivity index is 1.50. The molecule has 0 fully saturated rings. The van der Waals surface area contributed by atoms with Crippen LogP contribution < -0.4 is 4.90 Å². The van der Waals surface area contributed by atoms with Crippen LogP contribution in [0.3, 0.4) is 0 Å². The quantitative estimate of drug-likeness (QED) is 0.482. The summed E-state index contributed by atoms with van der Waals surface area (Å²) in [5, 5.41) is 0. The molecule has 28 heavy (non-hydrogen) atoms. The van der Waals surface area contributed by atoms with Crippen molar-refractivity contribution in [1.82, 2.24) is 0 Å². The van der Waals surface area contributed by atoms with Crippen LogP contribution in [0.5, 0.6) is 0 Å². The maximum Gasteiger partial charge on any atom is 0.0432 e. The van der Waals surface area contributed by atoms with Crippen LogP contribution in [0.1, 0.15) is 48.6 Å². The van der Waals surface area contributed by atoms with Crippen molar-refractivity contribution in [2.75, 3.05) is 11.4 Å². The van der Waals surface area contributed by atoms with Gasteiger partial charge in [0, 0.05) is 29.9 Å². The first kappa shape index (κ1) is 18.4. The summed E-state index contributed by atoms with van der Waals surface area (Å²) >= 11 is 0. The van der Waals surface area contributed by atoms with Crippen molar-refractivity contribution in [1.29, 1.82) is 0 Å². The van der Waals surface area contributed by atoms with Crippen molar-refractivity contribution in [3.63, 3.8) is 0 Å². The van der Waals surface area contributed by atoms with Gasteiger partial charge in [-0.15, -0.1) is 0 Å². The zero-order chi connectivity index (χ0) is 19.6. The predicted octanol–water partition coefficient (Wildman–Crippen LogP) is 5.95. The zero-order valence-corrected chi connectivity index (χ0v) is 17.0. The normalized spacial score (nSPS) is 13.5. The van der Waals surface area contributed by atoms with E-state index in [-0.39, 0.29) is 5.41 Å². The second-order valence-electron chi connectivity index (χ2n) is 8.57. The van der Waals surface area contributed by atoms with Gasteiger partial charge in [0.25, 0.3) is 0 Å². The number of benzene rings is 3. The van der Waals surface area contributed by atoms with Crippen LogP contribution >= 0.6 is 0 Å². The maximum atomic E-state index is 3.35. The van der Waals surface area contributed by atoms with Crippen molar-refractivity contribution in [3.05, 3.63) is 101 Å². The average molecular weight is 366 g/mol. The molecule has 0 unspecified atom stereocenters. The van der Waals surface area contributed by atoms with Crippen LogP contribution in [-0.2, 0) is 18.4 Å². The molecule has 0 amide bonds. The van der Waals surface area contributed by atoms with Gasteiger partial charge in [-0.1, -0.05) is 69.0 Å². The molecular weight excluding hydrogens is 338 g/mol. The fourth-order valence-corrected chi connectivity index (χ4v) is 3.69. The fraction of sp³-hybridized carbons (Fsp3) is 0.259. The highest BCUT2D eigenvalue weighted by Gasteiger charge is 2.16. The molecule has 0 aromatic heterocycles. The van der Waals surface area contributed by atoms with Gasteiger partial charge in [-0.25, -0.2) is 0 Å². The number of hydrogen-bond donors (Lipinski definition) is 0. The Morgan fingerprint density at radius 1 is 0.750 bits per heavy atom. The highest BCUT2D eigenvalue weighted by atomic mass is 15.1. The molecule has 1 nitrogen and oxygen atoms in total. The first-order valence-corrected chi connectivity index (χ1v) is 10.0. The van der Waals surface area contributed by atoms with Crippen molar-refractivity contribution >= 4 is 5.69 Å². The van der Waals surface area contributed by atoms with Gasteiger partial charge in [0.05, 0.1) is 0 Å². The van der Waals surface area contributed by atoms with E-state index in [0.717, 1.165) is 30.6 Å². The van der Waals surface area contributed by atoms with Crippen LogP contribution in [0, 0.1) is 11.8 Å². The molecule has 0 radical (unpaired) electrons. The predicted molar refractivity (Wildman–Crippen MR) is 119 cm³/mol. The van der Waals surface area contributed by atoms with Gasteiger partial charge in [-0.3, -0.25) is 0 Å². The molecule has 3 aromatic rings. The molecule has 0 bridgehead atoms. The van der Waals surface area contributed by atoms with E-state index in [4.69, 9.17) is 0 Å². The Bertz CT molecular complexity index is 1010. The summed E-state index contributed by atoms with van der Waals surface area (Å²) in [7, 11) is 0. The molecule has 3 aromatic carbocycles. The Kier molecular flexibility index (Phi) is 4.97. The van der Waals surface area contributed by atoms with Crippen molar-refractivity contribution in [3.8, 4) is 11.8 Å². The Hall–Kier alpha value is -2.98. The molecule has 0 aliphatic carbocycles. The van der Waals surface area contributed by atoms with E-state index >= 15 is 0 Å². The number of anilines is 1. The molecule has 0 spiro atoms. The maximum absolute atomic E-state index is 3.35. The highest BCUT2D eigenvalue weighted by Crippen LogP contribution is 2.25. The Labute approximate surface area is 169 Å². The number of nitrogens with zero attached hydrogens (tertiary/aromatic N) is 1. The summed E-state index contributed by atoms with van der Waals surface area (Å²) in [5.74, 6) is 6.67. The molecule has 4 rings (SSSR count). The smallest absolute Gasteiger partial charge is 0.0432 e. The van der Waals surface area contributed by atoms with E-state index in [2.05, 4.69) is 110 Å². The lowest BCUT2D eigenvalue weighted by Gasteiger charge is -2.30. The Morgan fingerprint density at radius 3 is 2.14 bits per heavy atom. The van der Waals surface area contributed by atoms with Crippen molar-refractivity contribution in [2.24, 2.45) is 0 Å². The van der Waals surface area contributed by atoms with E-state index < -0.39 is 0 Å². The van der Waals surface area contributed by atoms with E-state index in [1.54, 1.807) is 0 Å². The summed E-state index contributed by atoms with van der Waals surface area (Å²) in [6.45, 7) is 8.74. The molecule has 0 saturated heterocycles. The molecule has 0 atom stereocenters. The van der Waals surface area contributed by atoms with Crippen LogP contribution in [0.2, 0.25) is 0 Å². The minimum Gasteiger partial charge on any atom is -0.367 e. The lowest BCUT2D eigenvalue weighted by Crippen LogP contribution is -2.30. The third-order valence-electron chi connectivity index (χ3n) is 5.44. The van der Waals surface area contributed by atoms with Gasteiger partial charge in [-0.2, -0.15) is 0 Å². The number of hydrogen-bond acceptors (Lipinski definition) is 1.